The van der Waals surface area contributed by atoms with Gasteiger partial charge < -0.3 is 14.7 Å². The zero-order valence-electron chi connectivity index (χ0n) is 11.1. The van der Waals surface area contributed by atoms with Crippen LogP contribution in [0.15, 0.2) is 24.3 Å². The van der Waals surface area contributed by atoms with Crippen molar-refractivity contribution < 1.29 is 19.4 Å². The standard InChI is InChI=1S/C14H16INO4/c1-9-6-16(7-12(9)14(18)19)13(17)8-20-11-4-2-10(15)3-5-11/h2-5,9,12H,6-8H2,1H3,(H,18,19)/t9-,12-/m1/s1. The third-order valence-electron chi connectivity index (χ3n) is 3.46. The van der Waals surface area contributed by atoms with Gasteiger partial charge in [-0.1, -0.05) is 6.92 Å². The van der Waals surface area contributed by atoms with Crippen LogP contribution in [0.25, 0.3) is 0 Å². The van der Waals surface area contributed by atoms with Crippen molar-refractivity contribution in [2.24, 2.45) is 11.8 Å². The molecule has 1 aliphatic rings. The first-order chi connectivity index (χ1) is 9.47. The Bertz CT molecular complexity index is 502. The van der Waals surface area contributed by atoms with E-state index in [1.54, 1.807) is 4.90 Å². The summed E-state index contributed by atoms with van der Waals surface area (Å²) in [6.07, 6.45) is 0. The number of carbonyl (C=O) groups is 2. The van der Waals surface area contributed by atoms with E-state index in [-0.39, 0.29) is 25.0 Å². The van der Waals surface area contributed by atoms with Gasteiger partial charge >= 0.3 is 5.97 Å². The van der Waals surface area contributed by atoms with Crippen molar-refractivity contribution in [3.63, 3.8) is 0 Å². The molecule has 108 valence electrons. The third kappa shape index (κ3) is 3.62. The number of hydrogen-bond donors (Lipinski definition) is 1. The van der Waals surface area contributed by atoms with Crippen LogP contribution in [0.5, 0.6) is 5.75 Å². The van der Waals surface area contributed by atoms with E-state index in [1.165, 1.54) is 0 Å². The number of amides is 1. The van der Waals surface area contributed by atoms with E-state index in [0.717, 1.165) is 3.57 Å². The van der Waals surface area contributed by atoms with Gasteiger partial charge in [-0.2, -0.15) is 0 Å². The van der Waals surface area contributed by atoms with Gasteiger partial charge in [0.2, 0.25) is 0 Å². The van der Waals surface area contributed by atoms with Crippen molar-refractivity contribution in [2.45, 2.75) is 6.92 Å². The normalized spacial score (nSPS) is 21.8. The molecule has 2 rings (SSSR count). The van der Waals surface area contributed by atoms with Crippen LogP contribution >= 0.6 is 22.6 Å². The van der Waals surface area contributed by atoms with Crippen molar-refractivity contribution in [1.82, 2.24) is 4.90 Å². The number of halogens is 1. The lowest BCUT2D eigenvalue weighted by Gasteiger charge is -2.16. The number of aliphatic carboxylic acids is 1. The third-order valence-corrected chi connectivity index (χ3v) is 4.18. The van der Waals surface area contributed by atoms with E-state index in [9.17, 15) is 9.59 Å². The minimum atomic E-state index is -0.841. The molecule has 1 aromatic rings. The first-order valence-electron chi connectivity index (χ1n) is 6.36. The number of likely N-dealkylation sites (tertiary alicyclic amines) is 1. The molecule has 0 aliphatic carbocycles. The molecule has 0 unspecified atom stereocenters. The highest BCUT2D eigenvalue weighted by Gasteiger charge is 2.36. The average molecular weight is 389 g/mol. The number of carboxylic acids is 1. The summed E-state index contributed by atoms with van der Waals surface area (Å²) in [5, 5.41) is 9.05. The van der Waals surface area contributed by atoms with Gasteiger partial charge in [0.15, 0.2) is 6.61 Å². The minimum Gasteiger partial charge on any atom is -0.484 e. The van der Waals surface area contributed by atoms with Gasteiger partial charge in [-0.05, 0) is 52.8 Å². The van der Waals surface area contributed by atoms with Crippen molar-refractivity contribution in [2.75, 3.05) is 19.7 Å². The lowest BCUT2D eigenvalue weighted by molar-refractivity contribution is -0.142. The molecule has 1 aliphatic heterocycles. The summed E-state index contributed by atoms with van der Waals surface area (Å²) in [5.41, 5.74) is 0. The van der Waals surface area contributed by atoms with E-state index in [4.69, 9.17) is 9.84 Å². The van der Waals surface area contributed by atoms with Crippen molar-refractivity contribution in [1.29, 1.82) is 0 Å². The Morgan fingerprint density at radius 1 is 1.35 bits per heavy atom. The highest BCUT2D eigenvalue weighted by atomic mass is 127. The molecular weight excluding hydrogens is 373 g/mol. The summed E-state index contributed by atoms with van der Waals surface area (Å²) in [6.45, 7) is 2.54. The molecule has 6 heteroatoms. The van der Waals surface area contributed by atoms with Crippen LogP contribution in [0.4, 0.5) is 0 Å². The summed E-state index contributed by atoms with van der Waals surface area (Å²) < 4.78 is 6.52. The highest BCUT2D eigenvalue weighted by molar-refractivity contribution is 14.1. The van der Waals surface area contributed by atoms with E-state index in [0.29, 0.717) is 12.3 Å². The van der Waals surface area contributed by atoms with Crippen LogP contribution < -0.4 is 4.74 Å². The number of carbonyl (C=O) groups excluding carboxylic acids is 1. The van der Waals surface area contributed by atoms with Gasteiger partial charge in [0.1, 0.15) is 5.75 Å². The lowest BCUT2D eigenvalue weighted by atomic mass is 9.99. The van der Waals surface area contributed by atoms with E-state index in [2.05, 4.69) is 22.6 Å². The molecule has 1 heterocycles. The van der Waals surface area contributed by atoms with Gasteiger partial charge in [0, 0.05) is 16.7 Å². The first-order valence-corrected chi connectivity index (χ1v) is 7.44. The second kappa shape index (κ2) is 6.43. The molecule has 0 saturated carbocycles. The van der Waals surface area contributed by atoms with Crippen molar-refractivity contribution >= 4 is 34.5 Å². The first kappa shape index (κ1) is 15.1. The maximum atomic E-state index is 12.0. The molecule has 5 nitrogen and oxygen atoms in total. The van der Waals surface area contributed by atoms with E-state index < -0.39 is 11.9 Å². The molecule has 0 radical (unpaired) electrons. The average Bonchev–Trinajstić information content (AvgIpc) is 2.80. The molecular formula is C14H16INO4. The predicted molar refractivity (Wildman–Crippen MR) is 81.5 cm³/mol. The SMILES string of the molecule is C[C@@H]1CN(C(=O)COc2ccc(I)cc2)C[C@H]1C(=O)O. The number of nitrogens with zero attached hydrogens (tertiary/aromatic N) is 1. The predicted octanol–water partition coefficient (Wildman–Crippen LogP) is 1.85. The largest absolute Gasteiger partial charge is 0.484 e. The molecule has 0 bridgehead atoms. The monoisotopic (exact) mass is 389 g/mol. The number of hydrogen-bond acceptors (Lipinski definition) is 3. The summed E-state index contributed by atoms with van der Waals surface area (Å²) >= 11 is 2.19. The molecule has 1 saturated heterocycles. The van der Waals surface area contributed by atoms with Gasteiger partial charge in [-0.15, -0.1) is 0 Å². The number of carboxylic acid groups (broad SMARTS) is 1. The van der Waals surface area contributed by atoms with Gasteiger partial charge in [-0.25, -0.2) is 0 Å². The van der Waals surface area contributed by atoms with E-state index >= 15 is 0 Å². The van der Waals surface area contributed by atoms with Crippen LogP contribution in [0.2, 0.25) is 0 Å². The minimum absolute atomic E-state index is 0.0187. The fourth-order valence-corrected chi connectivity index (χ4v) is 2.62. The summed E-state index contributed by atoms with van der Waals surface area (Å²) in [7, 11) is 0. The van der Waals surface area contributed by atoms with Crippen LogP contribution in [0, 0.1) is 15.4 Å². The summed E-state index contributed by atoms with van der Waals surface area (Å²) in [5.74, 6) is -0.863. The fraction of sp³-hybridized carbons (Fsp3) is 0.429. The second-order valence-corrected chi connectivity index (χ2v) is 6.21. The summed E-state index contributed by atoms with van der Waals surface area (Å²) in [4.78, 5) is 24.6. The zero-order chi connectivity index (χ0) is 14.7. The Morgan fingerprint density at radius 2 is 2.00 bits per heavy atom. The maximum Gasteiger partial charge on any atom is 0.308 e. The zero-order valence-corrected chi connectivity index (χ0v) is 13.2. The molecule has 0 spiro atoms. The van der Waals surface area contributed by atoms with Gasteiger partial charge in [0.25, 0.3) is 5.91 Å². The van der Waals surface area contributed by atoms with Crippen molar-refractivity contribution in [3.8, 4) is 5.75 Å². The molecule has 1 aromatic carbocycles. The van der Waals surface area contributed by atoms with E-state index in [1.807, 2.05) is 31.2 Å². The summed E-state index contributed by atoms with van der Waals surface area (Å²) in [6, 6.07) is 7.42. The second-order valence-electron chi connectivity index (χ2n) is 4.96. The van der Waals surface area contributed by atoms with Crippen LogP contribution in [0.1, 0.15) is 6.92 Å². The Hall–Kier alpha value is -1.31. The van der Waals surface area contributed by atoms with Crippen molar-refractivity contribution in [3.05, 3.63) is 27.8 Å². The number of rotatable bonds is 4. The molecule has 1 fully saturated rings. The quantitative estimate of drug-likeness (QED) is 0.799. The van der Waals surface area contributed by atoms with Crippen LogP contribution in [-0.4, -0.2) is 41.6 Å². The Morgan fingerprint density at radius 3 is 2.55 bits per heavy atom. The number of ether oxygens (including phenoxy) is 1. The maximum absolute atomic E-state index is 12.0. The Balaban J connectivity index is 1.87. The number of benzene rings is 1. The Labute approximate surface area is 131 Å². The highest BCUT2D eigenvalue weighted by Crippen LogP contribution is 2.23. The molecule has 1 N–H and O–H groups in total. The topological polar surface area (TPSA) is 66.8 Å². The molecule has 2 atom stereocenters. The lowest BCUT2D eigenvalue weighted by Crippen LogP contribution is -2.33. The molecule has 0 aromatic heterocycles. The smallest absolute Gasteiger partial charge is 0.308 e. The van der Waals surface area contributed by atoms with Gasteiger partial charge in [0.05, 0.1) is 5.92 Å². The van der Waals surface area contributed by atoms with Crippen LogP contribution in [0.3, 0.4) is 0 Å². The molecule has 20 heavy (non-hydrogen) atoms. The fourth-order valence-electron chi connectivity index (χ4n) is 2.26. The van der Waals surface area contributed by atoms with Crippen LogP contribution in [-0.2, 0) is 9.59 Å². The Kier molecular flexibility index (Phi) is 4.85. The molecule has 1 amide bonds. The van der Waals surface area contributed by atoms with Gasteiger partial charge in [-0.3, -0.25) is 9.59 Å².